The highest BCUT2D eigenvalue weighted by atomic mass is 16.5. The van der Waals surface area contributed by atoms with Crippen LogP contribution in [0.15, 0.2) is 54.6 Å². The van der Waals surface area contributed by atoms with Gasteiger partial charge in [-0.1, -0.05) is 30.3 Å². The van der Waals surface area contributed by atoms with Crippen LogP contribution in [0.3, 0.4) is 0 Å². The predicted octanol–water partition coefficient (Wildman–Crippen LogP) is 3.02. The molecule has 1 N–H and O–H groups in total. The van der Waals surface area contributed by atoms with Crippen LogP contribution >= 0.6 is 0 Å². The van der Waals surface area contributed by atoms with Gasteiger partial charge >= 0.3 is 5.97 Å². The van der Waals surface area contributed by atoms with Crippen LogP contribution in [0.2, 0.25) is 0 Å². The Morgan fingerprint density at radius 2 is 1.78 bits per heavy atom. The third kappa shape index (κ3) is 4.00. The summed E-state index contributed by atoms with van der Waals surface area (Å²) < 4.78 is 4.95. The van der Waals surface area contributed by atoms with E-state index in [9.17, 15) is 14.4 Å². The Balaban J connectivity index is 1.74. The van der Waals surface area contributed by atoms with Gasteiger partial charge in [0.15, 0.2) is 0 Å². The molecule has 1 aliphatic heterocycles. The molecule has 0 saturated carbocycles. The summed E-state index contributed by atoms with van der Waals surface area (Å²) >= 11 is 0. The molecule has 2 aromatic carbocycles. The van der Waals surface area contributed by atoms with E-state index in [1.165, 1.54) is 0 Å². The number of esters is 1. The summed E-state index contributed by atoms with van der Waals surface area (Å²) in [6.07, 6.45) is 0.169. The second-order valence-electron chi connectivity index (χ2n) is 6.46. The normalized spacial score (nSPS) is 19.0. The van der Waals surface area contributed by atoms with E-state index in [1.54, 1.807) is 43.1 Å². The first kappa shape index (κ1) is 18.6. The third-order valence-corrected chi connectivity index (χ3v) is 4.73. The van der Waals surface area contributed by atoms with E-state index in [4.69, 9.17) is 4.74 Å². The van der Waals surface area contributed by atoms with E-state index >= 15 is 0 Å². The molecule has 140 valence electrons. The molecule has 0 bridgehead atoms. The largest absolute Gasteiger partial charge is 0.462 e. The highest BCUT2D eigenvalue weighted by Gasteiger charge is 2.42. The fourth-order valence-corrected chi connectivity index (χ4v) is 3.35. The topological polar surface area (TPSA) is 75.7 Å². The Morgan fingerprint density at radius 3 is 2.41 bits per heavy atom. The van der Waals surface area contributed by atoms with Crippen molar-refractivity contribution >= 4 is 23.5 Å². The summed E-state index contributed by atoms with van der Waals surface area (Å²) in [5.41, 5.74) is 1.93. The molecular formula is C21H22N2O4. The smallest absolute Gasteiger partial charge is 0.338 e. The minimum atomic E-state index is -0.477. The molecule has 0 aromatic heterocycles. The van der Waals surface area contributed by atoms with Gasteiger partial charge in [-0.25, -0.2) is 4.79 Å². The van der Waals surface area contributed by atoms with Gasteiger partial charge in [-0.05, 0) is 36.8 Å². The van der Waals surface area contributed by atoms with Crippen molar-refractivity contribution in [3.63, 3.8) is 0 Å². The highest BCUT2D eigenvalue weighted by molar-refractivity contribution is 5.98. The van der Waals surface area contributed by atoms with Gasteiger partial charge in [-0.3, -0.25) is 9.59 Å². The first-order valence-corrected chi connectivity index (χ1v) is 8.90. The van der Waals surface area contributed by atoms with Crippen LogP contribution in [0.25, 0.3) is 0 Å². The Hall–Kier alpha value is -3.15. The molecule has 0 spiro atoms. The summed E-state index contributed by atoms with van der Waals surface area (Å²) in [7, 11) is 1.72. The van der Waals surface area contributed by atoms with E-state index in [-0.39, 0.29) is 24.3 Å². The number of nitrogens with zero attached hydrogens (tertiary/aromatic N) is 1. The molecule has 2 amide bonds. The van der Waals surface area contributed by atoms with E-state index in [1.807, 2.05) is 30.3 Å². The van der Waals surface area contributed by atoms with Crippen molar-refractivity contribution in [2.24, 2.45) is 5.92 Å². The lowest BCUT2D eigenvalue weighted by Crippen LogP contribution is -2.30. The molecule has 1 heterocycles. The second kappa shape index (κ2) is 8.03. The Morgan fingerprint density at radius 1 is 1.11 bits per heavy atom. The number of nitrogens with one attached hydrogen (secondary N) is 1. The third-order valence-electron chi connectivity index (χ3n) is 4.73. The van der Waals surface area contributed by atoms with Crippen LogP contribution < -0.4 is 5.32 Å². The molecular weight excluding hydrogens is 344 g/mol. The molecule has 2 atom stereocenters. The number of benzene rings is 2. The van der Waals surface area contributed by atoms with Crippen molar-refractivity contribution in [1.29, 1.82) is 0 Å². The SMILES string of the molecule is CCOC(=O)c1ccc(NC(=O)[C@H]2CC(=O)N(C)[C@@H]2c2ccccc2)cc1. The second-order valence-corrected chi connectivity index (χ2v) is 6.46. The average Bonchev–Trinajstić information content (AvgIpc) is 2.98. The van der Waals surface area contributed by atoms with Gasteiger partial charge in [0.05, 0.1) is 24.1 Å². The van der Waals surface area contributed by atoms with Crippen LogP contribution in [0, 0.1) is 5.92 Å². The number of rotatable bonds is 5. The Labute approximate surface area is 158 Å². The van der Waals surface area contributed by atoms with Gasteiger partial charge in [0.25, 0.3) is 0 Å². The fourth-order valence-electron chi connectivity index (χ4n) is 3.35. The minimum Gasteiger partial charge on any atom is -0.462 e. The predicted molar refractivity (Wildman–Crippen MR) is 101 cm³/mol. The number of hydrogen-bond donors (Lipinski definition) is 1. The Bertz CT molecular complexity index is 833. The average molecular weight is 366 g/mol. The number of ether oxygens (including phenoxy) is 1. The van der Waals surface area contributed by atoms with Gasteiger partial charge in [0.1, 0.15) is 0 Å². The fraction of sp³-hybridized carbons (Fsp3) is 0.286. The molecule has 6 heteroatoms. The molecule has 1 saturated heterocycles. The summed E-state index contributed by atoms with van der Waals surface area (Å²) in [4.78, 5) is 38.4. The molecule has 0 radical (unpaired) electrons. The van der Waals surface area contributed by atoms with Crippen LogP contribution in [-0.4, -0.2) is 36.3 Å². The number of anilines is 1. The summed E-state index contributed by atoms with van der Waals surface area (Å²) in [5.74, 6) is -1.15. The molecule has 27 heavy (non-hydrogen) atoms. The van der Waals surface area contributed by atoms with Crippen LogP contribution in [0.5, 0.6) is 0 Å². The molecule has 1 fully saturated rings. The zero-order chi connectivity index (χ0) is 19.4. The van der Waals surface area contributed by atoms with E-state index in [0.717, 1.165) is 5.56 Å². The van der Waals surface area contributed by atoms with Crippen LogP contribution in [0.4, 0.5) is 5.69 Å². The molecule has 2 aromatic rings. The Kier molecular flexibility index (Phi) is 5.54. The lowest BCUT2D eigenvalue weighted by atomic mass is 9.93. The van der Waals surface area contributed by atoms with Gasteiger partial charge in [0.2, 0.25) is 11.8 Å². The maximum absolute atomic E-state index is 12.8. The maximum Gasteiger partial charge on any atom is 0.338 e. The monoisotopic (exact) mass is 366 g/mol. The van der Waals surface area contributed by atoms with Gasteiger partial charge in [-0.2, -0.15) is 0 Å². The van der Waals surface area contributed by atoms with Crippen LogP contribution in [-0.2, 0) is 14.3 Å². The van der Waals surface area contributed by atoms with Crippen molar-refractivity contribution in [3.8, 4) is 0 Å². The standard InChI is InChI=1S/C21H22N2O4/c1-3-27-21(26)15-9-11-16(12-10-15)22-20(25)17-13-18(24)23(2)19(17)14-7-5-4-6-8-14/h4-12,17,19H,3,13H2,1-2H3,(H,22,25)/t17-,19+/m0/s1. The molecule has 0 aliphatic carbocycles. The van der Waals surface area contributed by atoms with Gasteiger partial charge < -0.3 is 15.0 Å². The van der Waals surface area contributed by atoms with E-state index in [2.05, 4.69) is 5.32 Å². The molecule has 0 unspecified atom stereocenters. The molecule has 3 rings (SSSR count). The van der Waals surface area contributed by atoms with E-state index in [0.29, 0.717) is 17.9 Å². The van der Waals surface area contributed by atoms with Gasteiger partial charge in [-0.15, -0.1) is 0 Å². The first-order valence-electron chi connectivity index (χ1n) is 8.90. The van der Waals surface area contributed by atoms with Crippen molar-refractivity contribution in [2.45, 2.75) is 19.4 Å². The van der Waals surface area contributed by atoms with E-state index < -0.39 is 11.9 Å². The first-order chi connectivity index (χ1) is 13.0. The minimum absolute atomic E-state index is 0.0540. The molecule has 6 nitrogen and oxygen atoms in total. The highest BCUT2D eigenvalue weighted by Crippen LogP contribution is 2.37. The quantitative estimate of drug-likeness (QED) is 0.826. The zero-order valence-corrected chi connectivity index (χ0v) is 15.3. The van der Waals surface area contributed by atoms with Crippen molar-refractivity contribution in [3.05, 3.63) is 65.7 Å². The van der Waals surface area contributed by atoms with Gasteiger partial charge in [0, 0.05) is 19.2 Å². The number of carbonyl (C=O) groups excluding carboxylic acids is 3. The van der Waals surface area contributed by atoms with Crippen molar-refractivity contribution in [1.82, 2.24) is 4.90 Å². The molecule has 1 aliphatic rings. The van der Waals surface area contributed by atoms with Crippen molar-refractivity contribution in [2.75, 3.05) is 19.0 Å². The maximum atomic E-state index is 12.8. The lowest BCUT2D eigenvalue weighted by Gasteiger charge is -2.25. The van der Waals surface area contributed by atoms with Crippen molar-refractivity contribution < 1.29 is 19.1 Å². The van der Waals surface area contributed by atoms with Crippen LogP contribution in [0.1, 0.15) is 35.3 Å². The number of carbonyl (C=O) groups is 3. The number of likely N-dealkylation sites (tertiary alicyclic amines) is 1. The zero-order valence-electron chi connectivity index (χ0n) is 15.3. The lowest BCUT2D eigenvalue weighted by molar-refractivity contribution is -0.128. The number of hydrogen-bond acceptors (Lipinski definition) is 4. The number of amides is 2. The summed E-state index contributed by atoms with van der Waals surface area (Å²) in [5, 5.41) is 2.85. The summed E-state index contributed by atoms with van der Waals surface area (Å²) in [6, 6.07) is 15.8. The summed E-state index contributed by atoms with van der Waals surface area (Å²) in [6.45, 7) is 2.05.